The summed E-state index contributed by atoms with van der Waals surface area (Å²) in [5.74, 6) is -0.0112. The summed E-state index contributed by atoms with van der Waals surface area (Å²) in [5.41, 5.74) is 5.56. The van der Waals surface area contributed by atoms with Gasteiger partial charge in [-0.2, -0.15) is 0 Å². The summed E-state index contributed by atoms with van der Waals surface area (Å²) in [5, 5.41) is 5.33. The van der Waals surface area contributed by atoms with Gasteiger partial charge < -0.3 is 5.32 Å². The van der Waals surface area contributed by atoms with Crippen molar-refractivity contribution >= 4 is 38.2 Å². The number of carbonyl (C=O) groups excluding carboxylic acids is 1. The Hall–Kier alpha value is -3.50. The van der Waals surface area contributed by atoms with Gasteiger partial charge in [-0.25, -0.2) is 0 Å². The molecule has 3 aromatic carbocycles. The van der Waals surface area contributed by atoms with Gasteiger partial charge in [0.05, 0.1) is 5.52 Å². The van der Waals surface area contributed by atoms with Crippen LogP contribution < -0.4 is 5.32 Å². The van der Waals surface area contributed by atoms with Gasteiger partial charge in [0.1, 0.15) is 4.88 Å². The number of thiophene rings is 1. The molecule has 2 heterocycles. The zero-order valence-electron chi connectivity index (χ0n) is 18.7. The predicted octanol–water partition coefficient (Wildman–Crippen LogP) is 7.04. The average molecular weight is 451 g/mol. The van der Waals surface area contributed by atoms with Crippen LogP contribution in [-0.2, 0) is 12.8 Å². The second kappa shape index (κ2) is 9.55. The zero-order valence-corrected chi connectivity index (χ0v) is 19.5. The van der Waals surface area contributed by atoms with Crippen molar-refractivity contribution in [3.8, 4) is 11.1 Å². The lowest BCUT2D eigenvalue weighted by Gasteiger charge is -2.07. The number of nitrogens with one attached hydrogen (secondary N) is 1. The van der Waals surface area contributed by atoms with Gasteiger partial charge in [0.15, 0.2) is 0 Å². The third-order valence-electron chi connectivity index (χ3n) is 6.03. The number of hydrogen-bond donors (Lipinski definition) is 1. The molecule has 3 nitrogen and oxygen atoms in total. The Balaban J connectivity index is 1.51. The molecule has 164 valence electrons. The maximum atomic E-state index is 13.4. The number of carbonyl (C=O) groups is 1. The van der Waals surface area contributed by atoms with E-state index in [4.69, 9.17) is 4.98 Å². The number of rotatable bonds is 7. The average Bonchev–Trinajstić information content (AvgIpc) is 3.27. The van der Waals surface area contributed by atoms with Crippen LogP contribution in [0.5, 0.6) is 0 Å². The van der Waals surface area contributed by atoms with Crippen molar-refractivity contribution in [3.05, 3.63) is 101 Å². The number of hydrogen-bond acceptors (Lipinski definition) is 3. The van der Waals surface area contributed by atoms with Gasteiger partial charge in [-0.05, 0) is 48.1 Å². The summed E-state index contributed by atoms with van der Waals surface area (Å²) in [6.45, 7) is 2.81. The Kier molecular flexibility index (Phi) is 6.18. The minimum absolute atomic E-state index is 0.0112. The molecule has 0 fully saturated rings. The fourth-order valence-corrected chi connectivity index (χ4v) is 5.51. The van der Waals surface area contributed by atoms with Crippen LogP contribution in [0.3, 0.4) is 0 Å². The molecule has 0 aliphatic heterocycles. The number of nitrogens with zero attached hydrogens (tertiary/aromatic N) is 1. The molecule has 0 radical (unpaired) electrons. The fraction of sp³-hybridized carbons (Fsp3) is 0.172. The number of fused-ring (bicyclic) bond motifs is 3. The first kappa shape index (κ1) is 21.4. The monoisotopic (exact) mass is 450 g/mol. The highest BCUT2D eigenvalue weighted by Crippen LogP contribution is 2.41. The first-order valence-corrected chi connectivity index (χ1v) is 12.3. The highest BCUT2D eigenvalue weighted by molar-refractivity contribution is 7.22. The summed E-state index contributed by atoms with van der Waals surface area (Å²) >= 11 is 1.58. The van der Waals surface area contributed by atoms with Crippen molar-refractivity contribution in [1.29, 1.82) is 0 Å². The first-order valence-electron chi connectivity index (χ1n) is 11.5. The van der Waals surface area contributed by atoms with Gasteiger partial charge in [-0.1, -0.05) is 73.7 Å². The lowest BCUT2D eigenvalue weighted by atomic mass is 10.0. The maximum absolute atomic E-state index is 13.4. The highest BCUT2D eigenvalue weighted by Gasteiger charge is 2.21. The smallest absolute Gasteiger partial charge is 0.262 e. The predicted molar refractivity (Wildman–Crippen MR) is 139 cm³/mol. The molecule has 0 atom stereocenters. The third-order valence-corrected chi connectivity index (χ3v) is 7.27. The highest BCUT2D eigenvalue weighted by atomic mass is 32.1. The van der Waals surface area contributed by atoms with Crippen LogP contribution in [0.15, 0.2) is 85.1 Å². The van der Waals surface area contributed by atoms with E-state index in [1.807, 2.05) is 30.5 Å². The molecule has 1 N–H and O–H groups in total. The molecular formula is C29H26N2OS. The van der Waals surface area contributed by atoms with E-state index >= 15 is 0 Å². The Bertz CT molecular complexity index is 1410. The summed E-state index contributed by atoms with van der Waals surface area (Å²) in [6, 6.07) is 27.0. The van der Waals surface area contributed by atoms with E-state index < -0.39 is 0 Å². The second-order valence-electron chi connectivity index (χ2n) is 8.22. The van der Waals surface area contributed by atoms with Crippen LogP contribution in [0.4, 0.5) is 0 Å². The van der Waals surface area contributed by atoms with E-state index in [9.17, 15) is 4.79 Å². The Morgan fingerprint density at radius 2 is 1.67 bits per heavy atom. The molecule has 5 rings (SSSR count). The van der Waals surface area contributed by atoms with Gasteiger partial charge in [-0.3, -0.25) is 9.78 Å². The van der Waals surface area contributed by atoms with Crippen molar-refractivity contribution in [2.24, 2.45) is 0 Å². The minimum atomic E-state index is -0.0112. The molecule has 0 saturated heterocycles. The molecule has 0 spiro atoms. The maximum Gasteiger partial charge on any atom is 0.262 e. The van der Waals surface area contributed by atoms with Gasteiger partial charge in [-0.15, -0.1) is 11.3 Å². The zero-order chi connectivity index (χ0) is 22.6. The van der Waals surface area contributed by atoms with E-state index in [0.717, 1.165) is 56.3 Å². The lowest BCUT2D eigenvalue weighted by molar-refractivity contribution is 0.0958. The largest absolute Gasteiger partial charge is 0.351 e. The van der Waals surface area contributed by atoms with E-state index in [1.165, 1.54) is 11.1 Å². The quantitative estimate of drug-likeness (QED) is 0.270. The van der Waals surface area contributed by atoms with Gasteiger partial charge in [0.25, 0.3) is 5.91 Å². The molecule has 1 amide bonds. The van der Waals surface area contributed by atoms with E-state index in [0.29, 0.717) is 6.54 Å². The molecule has 0 aliphatic rings. The van der Waals surface area contributed by atoms with Gasteiger partial charge in [0.2, 0.25) is 0 Å². The van der Waals surface area contributed by atoms with E-state index in [1.54, 1.807) is 11.3 Å². The normalized spacial score (nSPS) is 11.2. The third kappa shape index (κ3) is 4.39. The SMILES string of the molecule is CCc1ccc2ncc3c(-c4ccccc4)c(C(=O)NCCCc4ccccc4)sc3c2c1. The standard InChI is InChI=1S/C29H26N2OS/c1-2-20-15-16-25-23(18-20)27-24(19-31-25)26(22-13-7-4-8-14-22)28(33-27)29(32)30-17-9-12-21-10-5-3-6-11-21/h3-8,10-11,13-16,18-19H,2,9,12,17H2,1H3,(H,30,32). The van der Waals surface area contributed by atoms with Crippen molar-refractivity contribution in [2.75, 3.05) is 6.54 Å². The molecular weight excluding hydrogens is 424 g/mol. The summed E-state index contributed by atoms with van der Waals surface area (Å²) < 4.78 is 1.13. The molecule has 2 aromatic heterocycles. The molecule has 0 saturated carbocycles. The van der Waals surface area contributed by atoms with Crippen molar-refractivity contribution in [3.63, 3.8) is 0 Å². The number of aromatic nitrogens is 1. The molecule has 33 heavy (non-hydrogen) atoms. The Morgan fingerprint density at radius 3 is 2.42 bits per heavy atom. The van der Waals surface area contributed by atoms with Crippen LogP contribution in [0.25, 0.3) is 32.1 Å². The molecule has 0 bridgehead atoms. The van der Waals surface area contributed by atoms with Crippen LogP contribution in [-0.4, -0.2) is 17.4 Å². The van der Waals surface area contributed by atoms with E-state index in [2.05, 4.69) is 66.8 Å². The fourth-order valence-electron chi connectivity index (χ4n) is 4.27. The van der Waals surface area contributed by atoms with Gasteiger partial charge in [0, 0.05) is 33.8 Å². The number of benzene rings is 3. The lowest BCUT2D eigenvalue weighted by Crippen LogP contribution is -2.24. The van der Waals surface area contributed by atoms with Crippen molar-refractivity contribution in [2.45, 2.75) is 26.2 Å². The van der Waals surface area contributed by atoms with Crippen molar-refractivity contribution < 1.29 is 4.79 Å². The van der Waals surface area contributed by atoms with Crippen LogP contribution in [0.1, 0.15) is 34.1 Å². The number of aryl methyl sites for hydroxylation is 2. The molecule has 0 unspecified atom stereocenters. The van der Waals surface area contributed by atoms with Crippen molar-refractivity contribution in [1.82, 2.24) is 10.3 Å². The number of pyridine rings is 1. The Labute approximate surface area is 198 Å². The molecule has 5 aromatic rings. The van der Waals surface area contributed by atoms with Crippen LogP contribution in [0.2, 0.25) is 0 Å². The van der Waals surface area contributed by atoms with Gasteiger partial charge >= 0.3 is 0 Å². The second-order valence-corrected chi connectivity index (χ2v) is 9.24. The van der Waals surface area contributed by atoms with Crippen LogP contribution in [0, 0.1) is 0 Å². The van der Waals surface area contributed by atoms with E-state index in [-0.39, 0.29) is 5.91 Å². The summed E-state index contributed by atoms with van der Waals surface area (Å²) in [6.07, 6.45) is 4.76. The topological polar surface area (TPSA) is 42.0 Å². The number of amides is 1. The summed E-state index contributed by atoms with van der Waals surface area (Å²) in [7, 11) is 0. The molecule has 0 aliphatic carbocycles. The van der Waals surface area contributed by atoms with Crippen LogP contribution >= 0.6 is 11.3 Å². The first-order chi connectivity index (χ1) is 16.2. The minimum Gasteiger partial charge on any atom is -0.351 e. The summed E-state index contributed by atoms with van der Waals surface area (Å²) in [4.78, 5) is 18.8. The molecule has 4 heteroatoms. The Morgan fingerprint density at radius 1 is 0.909 bits per heavy atom.